The fourth-order valence-corrected chi connectivity index (χ4v) is 5.17. The molecule has 0 spiro atoms. The Balaban J connectivity index is 1.55. The van der Waals surface area contributed by atoms with Crippen LogP contribution in [0.2, 0.25) is 0 Å². The molecule has 0 aromatic heterocycles. The summed E-state index contributed by atoms with van der Waals surface area (Å²) in [4.78, 5) is 0. The molecule has 1 aliphatic rings. The van der Waals surface area contributed by atoms with Crippen LogP contribution in [-0.2, 0) is 38.8 Å². The van der Waals surface area contributed by atoms with Gasteiger partial charge in [-0.3, -0.25) is 0 Å². The molecule has 5 atom stereocenters. The van der Waals surface area contributed by atoms with E-state index in [0.717, 1.165) is 22.4 Å². The monoisotopic (exact) mass is 478 g/mol. The summed E-state index contributed by atoms with van der Waals surface area (Å²) in [5.74, 6) is 0.934. The lowest BCUT2D eigenvalue weighted by atomic mass is 9.99. The Morgan fingerprint density at radius 2 is 1.03 bits per heavy atom. The lowest BCUT2D eigenvalue weighted by Crippen LogP contribution is -2.58. The Bertz CT molecular complexity index is 954. The zero-order valence-electron chi connectivity index (χ0n) is 19.9. The number of rotatable bonds is 11. The van der Waals surface area contributed by atoms with Crippen LogP contribution in [0.3, 0.4) is 0 Å². The fraction of sp³-hybridized carbons (Fsp3) is 0.379. The van der Waals surface area contributed by atoms with Crippen LogP contribution in [0.4, 0.5) is 0 Å². The SMILES string of the molecule is CCS[C@@H]1O[C@H](C)[C@H](OCc2ccccc2)[C@@H](OCc2ccccc2)[C@@H]1OCc1ccccc1. The maximum atomic E-state index is 6.57. The molecule has 4 nitrogen and oxygen atoms in total. The molecule has 0 N–H and O–H groups in total. The van der Waals surface area contributed by atoms with Crippen molar-refractivity contribution in [3.63, 3.8) is 0 Å². The van der Waals surface area contributed by atoms with Crippen LogP contribution in [-0.4, -0.2) is 35.6 Å². The molecule has 1 saturated heterocycles. The van der Waals surface area contributed by atoms with Gasteiger partial charge < -0.3 is 18.9 Å². The molecule has 0 radical (unpaired) electrons. The van der Waals surface area contributed by atoms with Crippen molar-refractivity contribution in [1.29, 1.82) is 0 Å². The van der Waals surface area contributed by atoms with E-state index >= 15 is 0 Å². The van der Waals surface area contributed by atoms with Crippen LogP contribution < -0.4 is 0 Å². The van der Waals surface area contributed by atoms with Crippen molar-refractivity contribution in [2.75, 3.05) is 5.75 Å². The number of benzene rings is 3. The van der Waals surface area contributed by atoms with E-state index in [2.05, 4.69) is 50.2 Å². The molecule has 1 fully saturated rings. The molecule has 4 rings (SSSR count). The molecule has 34 heavy (non-hydrogen) atoms. The predicted molar refractivity (Wildman–Crippen MR) is 138 cm³/mol. The summed E-state index contributed by atoms with van der Waals surface area (Å²) in [6.45, 7) is 5.72. The standard InChI is InChI=1S/C29H34O4S/c1-3-34-29-28(32-21-25-17-11-6-12-18-25)27(31-20-24-15-9-5-10-16-24)26(22(2)33-29)30-19-23-13-7-4-8-14-23/h4-18,22,26-29H,3,19-21H2,1-2H3/t22-,26+,27-,28+,29+/m1/s1. The quantitative estimate of drug-likeness (QED) is 0.326. The van der Waals surface area contributed by atoms with E-state index < -0.39 is 0 Å². The van der Waals surface area contributed by atoms with Gasteiger partial charge in [-0.1, -0.05) is 97.9 Å². The summed E-state index contributed by atoms with van der Waals surface area (Å²) >= 11 is 1.76. The molecule has 0 unspecified atom stereocenters. The maximum Gasteiger partial charge on any atom is 0.132 e. The van der Waals surface area contributed by atoms with Gasteiger partial charge in [-0.25, -0.2) is 0 Å². The summed E-state index contributed by atoms with van der Waals surface area (Å²) in [5, 5.41) is 0. The van der Waals surface area contributed by atoms with Crippen LogP contribution in [0.25, 0.3) is 0 Å². The third-order valence-electron chi connectivity index (χ3n) is 5.91. The Kier molecular flexibility index (Phi) is 9.60. The van der Waals surface area contributed by atoms with Gasteiger partial charge in [-0.15, -0.1) is 11.8 Å². The van der Waals surface area contributed by atoms with Crippen LogP contribution >= 0.6 is 11.8 Å². The normalized spacial score (nSPS) is 24.7. The Labute approximate surface area is 207 Å². The van der Waals surface area contributed by atoms with Gasteiger partial charge in [0, 0.05) is 0 Å². The Morgan fingerprint density at radius 1 is 0.618 bits per heavy atom. The van der Waals surface area contributed by atoms with Crippen molar-refractivity contribution in [2.45, 2.75) is 63.5 Å². The minimum absolute atomic E-state index is 0.120. The van der Waals surface area contributed by atoms with E-state index in [1.54, 1.807) is 11.8 Å². The first-order chi connectivity index (χ1) is 16.7. The van der Waals surface area contributed by atoms with Crippen LogP contribution in [0.1, 0.15) is 30.5 Å². The van der Waals surface area contributed by atoms with E-state index in [1.807, 2.05) is 54.6 Å². The third kappa shape index (κ3) is 6.94. The summed E-state index contributed by atoms with van der Waals surface area (Å²) < 4.78 is 26.0. The van der Waals surface area contributed by atoms with Crippen molar-refractivity contribution >= 4 is 11.8 Å². The molecule has 3 aromatic carbocycles. The number of hydrogen-bond donors (Lipinski definition) is 0. The van der Waals surface area contributed by atoms with Crippen molar-refractivity contribution < 1.29 is 18.9 Å². The molecule has 0 amide bonds. The largest absolute Gasteiger partial charge is 0.368 e. The van der Waals surface area contributed by atoms with Gasteiger partial charge in [0.1, 0.15) is 23.7 Å². The Morgan fingerprint density at radius 3 is 1.47 bits per heavy atom. The highest BCUT2D eigenvalue weighted by Gasteiger charge is 2.46. The molecule has 1 aliphatic heterocycles. The molecular weight excluding hydrogens is 444 g/mol. The second kappa shape index (κ2) is 13.1. The van der Waals surface area contributed by atoms with Crippen LogP contribution in [0.15, 0.2) is 91.0 Å². The summed E-state index contributed by atoms with van der Waals surface area (Å²) in [6.07, 6.45) is -0.894. The van der Waals surface area contributed by atoms with E-state index in [-0.39, 0.29) is 29.9 Å². The van der Waals surface area contributed by atoms with Crippen molar-refractivity contribution in [1.82, 2.24) is 0 Å². The van der Waals surface area contributed by atoms with Crippen LogP contribution in [0.5, 0.6) is 0 Å². The smallest absolute Gasteiger partial charge is 0.132 e. The molecule has 180 valence electrons. The molecule has 1 heterocycles. The number of ether oxygens (including phenoxy) is 4. The summed E-state index contributed by atoms with van der Waals surface area (Å²) in [6, 6.07) is 30.7. The average Bonchev–Trinajstić information content (AvgIpc) is 2.88. The first kappa shape index (κ1) is 25.0. The van der Waals surface area contributed by atoms with Gasteiger partial charge in [0.25, 0.3) is 0 Å². The fourth-order valence-electron chi connectivity index (χ4n) is 4.17. The maximum absolute atomic E-state index is 6.57. The van der Waals surface area contributed by atoms with Gasteiger partial charge in [-0.05, 0) is 29.4 Å². The first-order valence-corrected chi connectivity index (χ1v) is 13.0. The molecule has 0 bridgehead atoms. The van der Waals surface area contributed by atoms with Crippen molar-refractivity contribution in [3.8, 4) is 0 Å². The highest BCUT2D eigenvalue weighted by molar-refractivity contribution is 7.99. The zero-order valence-corrected chi connectivity index (χ0v) is 20.7. The average molecular weight is 479 g/mol. The van der Waals surface area contributed by atoms with Crippen molar-refractivity contribution in [2.24, 2.45) is 0 Å². The number of thioether (sulfide) groups is 1. The molecule has 0 aliphatic carbocycles. The lowest BCUT2D eigenvalue weighted by Gasteiger charge is -2.45. The van der Waals surface area contributed by atoms with E-state index in [0.29, 0.717) is 19.8 Å². The summed E-state index contributed by atoms with van der Waals surface area (Å²) in [7, 11) is 0. The molecule has 3 aromatic rings. The predicted octanol–water partition coefficient (Wildman–Crippen LogP) is 6.24. The van der Waals surface area contributed by atoms with Gasteiger partial charge in [0.05, 0.1) is 25.9 Å². The minimum Gasteiger partial charge on any atom is -0.368 e. The van der Waals surface area contributed by atoms with Gasteiger partial charge in [0.15, 0.2) is 0 Å². The zero-order chi connectivity index (χ0) is 23.6. The summed E-state index contributed by atoms with van der Waals surface area (Å²) in [5.41, 5.74) is 3.26. The lowest BCUT2D eigenvalue weighted by molar-refractivity contribution is -0.242. The minimum atomic E-state index is -0.263. The highest BCUT2D eigenvalue weighted by atomic mass is 32.2. The topological polar surface area (TPSA) is 36.9 Å². The molecular formula is C29H34O4S. The van der Waals surface area contributed by atoms with Crippen molar-refractivity contribution in [3.05, 3.63) is 108 Å². The highest BCUT2D eigenvalue weighted by Crippen LogP contribution is 2.34. The second-order valence-corrected chi connectivity index (χ2v) is 9.82. The van der Waals surface area contributed by atoms with E-state index in [4.69, 9.17) is 18.9 Å². The second-order valence-electron chi connectivity index (χ2n) is 8.45. The van der Waals surface area contributed by atoms with Crippen LogP contribution in [0, 0.1) is 0 Å². The first-order valence-electron chi connectivity index (χ1n) is 12.0. The third-order valence-corrected chi connectivity index (χ3v) is 6.96. The molecule has 5 heteroatoms. The van der Waals surface area contributed by atoms with Gasteiger partial charge in [0.2, 0.25) is 0 Å². The van der Waals surface area contributed by atoms with E-state index in [9.17, 15) is 0 Å². The number of hydrogen-bond acceptors (Lipinski definition) is 5. The molecule has 0 saturated carbocycles. The van der Waals surface area contributed by atoms with Gasteiger partial charge in [-0.2, -0.15) is 0 Å². The van der Waals surface area contributed by atoms with E-state index in [1.165, 1.54) is 0 Å². The van der Waals surface area contributed by atoms with Gasteiger partial charge >= 0.3 is 0 Å². The Hall–Kier alpha value is -2.15.